The molecule has 0 spiro atoms. The van der Waals surface area contributed by atoms with E-state index in [1.54, 1.807) is 21.3 Å². The molecule has 0 amide bonds. The number of methoxy groups -OCH3 is 3. The van der Waals surface area contributed by atoms with E-state index in [1.165, 1.54) is 11.1 Å². The summed E-state index contributed by atoms with van der Waals surface area (Å²) >= 11 is 0. The molecule has 222 valence electrons. The molecule has 3 atom stereocenters. The van der Waals surface area contributed by atoms with Crippen LogP contribution >= 0.6 is 0 Å². The Balaban J connectivity index is 1.44. The summed E-state index contributed by atoms with van der Waals surface area (Å²) < 4.78 is 34.7. The van der Waals surface area contributed by atoms with Gasteiger partial charge in [-0.25, -0.2) is 0 Å². The van der Waals surface area contributed by atoms with Gasteiger partial charge in [-0.05, 0) is 87.3 Å². The predicted octanol–water partition coefficient (Wildman–Crippen LogP) is 6.23. The van der Waals surface area contributed by atoms with Crippen LogP contribution in [0, 0.1) is 5.92 Å². The summed E-state index contributed by atoms with van der Waals surface area (Å²) in [6.07, 6.45) is 5.44. The van der Waals surface area contributed by atoms with E-state index >= 15 is 0 Å². The van der Waals surface area contributed by atoms with E-state index in [0.717, 1.165) is 75.6 Å². The highest BCUT2D eigenvalue weighted by molar-refractivity contribution is 5.61. The van der Waals surface area contributed by atoms with Crippen LogP contribution in [0.2, 0.25) is 0 Å². The van der Waals surface area contributed by atoms with E-state index in [9.17, 15) is 0 Å². The zero-order chi connectivity index (χ0) is 28.4. The molecule has 0 unspecified atom stereocenters. The van der Waals surface area contributed by atoms with Gasteiger partial charge in [0, 0.05) is 33.3 Å². The molecule has 1 fully saturated rings. The Kier molecular flexibility index (Phi) is 11.5. The van der Waals surface area contributed by atoms with E-state index in [1.807, 2.05) is 0 Å². The number of hydrogen-bond acceptors (Lipinski definition) is 7. The number of hydrogen-bond donors (Lipinski definition) is 0. The van der Waals surface area contributed by atoms with Crippen LogP contribution in [-0.4, -0.2) is 72.6 Å². The van der Waals surface area contributed by atoms with Gasteiger partial charge in [0.2, 0.25) is 0 Å². The van der Waals surface area contributed by atoms with E-state index in [2.05, 4.69) is 61.2 Å². The molecule has 1 aliphatic heterocycles. The van der Waals surface area contributed by atoms with Crippen molar-refractivity contribution in [1.29, 1.82) is 0 Å². The molecule has 0 aromatic heterocycles. The molecule has 0 radical (unpaired) electrons. The molecule has 1 saturated carbocycles. The van der Waals surface area contributed by atoms with E-state index in [4.69, 9.17) is 28.4 Å². The molecule has 4 rings (SSSR count). The van der Waals surface area contributed by atoms with Crippen LogP contribution in [-0.2, 0) is 25.6 Å². The minimum atomic E-state index is -0.179. The quantitative estimate of drug-likeness (QED) is 0.241. The van der Waals surface area contributed by atoms with Crippen molar-refractivity contribution in [2.75, 3.05) is 65.7 Å². The van der Waals surface area contributed by atoms with Crippen LogP contribution in [0.25, 0.3) is 0 Å². The molecule has 1 heterocycles. The predicted molar refractivity (Wildman–Crippen MR) is 159 cm³/mol. The Morgan fingerprint density at radius 2 is 1.75 bits per heavy atom. The molecule has 2 aromatic carbocycles. The number of ether oxygens (including phenoxy) is 6. The first-order chi connectivity index (χ1) is 19.4. The summed E-state index contributed by atoms with van der Waals surface area (Å²) in [5, 5.41) is 0. The van der Waals surface area contributed by atoms with Gasteiger partial charge >= 0.3 is 0 Å². The second-order valence-corrected chi connectivity index (χ2v) is 11.7. The number of nitrogens with zero attached hydrogens (tertiary/aromatic N) is 1. The Morgan fingerprint density at radius 3 is 2.50 bits per heavy atom. The van der Waals surface area contributed by atoms with Gasteiger partial charge in [0.05, 0.1) is 50.9 Å². The fourth-order valence-electron chi connectivity index (χ4n) is 6.22. The second kappa shape index (κ2) is 15.1. The summed E-state index contributed by atoms with van der Waals surface area (Å²) in [5.41, 5.74) is 3.48. The maximum atomic E-state index is 6.72. The average Bonchev–Trinajstić information content (AvgIpc) is 2.96. The summed E-state index contributed by atoms with van der Waals surface area (Å²) in [6.45, 7) is 9.58. The molecule has 1 aliphatic carbocycles. The number of benzene rings is 2. The molecule has 0 N–H and O–H groups in total. The maximum absolute atomic E-state index is 6.72. The third-order valence-electron chi connectivity index (χ3n) is 8.22. The molecular weight excluding hydrogens is 506 g/mol. The van der Waals surface area contributed by atoms with Gasteiger partial charge in [-0.2, -0.15) is 0 Å². The molecule has 0 bridgehead atoms. The molecule has 2 aliphatic rings. The van der Waals surface area contributed by atoms with Crippen LogP contribution in [0.3, 0.4) is 0 Å². The van der Waals surface area contributed by atoms with Gasteiger partial charge in [-0.3, -0.25) is 0 Å². The number of fused-ring (bicyclic) bond motifs is 1. The van der Waals surface area contributed by atoms with Crippen molar-refractivity contribution in [3.8, 4) is 11.5 Å². The van der Waals surface area contributed by atoms with Crippen LogP contribution in [0.1, 0.15) is 63.0 Å². The fraction of sp³-hybridized carbons (Fsp3) is 0.636. The second-order valence-electron chi connectivity index (χ2n) is 11.7. The zero-order valence-corrected chi connectivity index (χ0v) is 25.2. The lowest BCUT2D eigenvalue weighted by molar-refractivity contribution is -0.0647. The number of anilines is 1. The van der Waals surface area contributed by atoms with Gasteiger partial charge < -0.3 is 33.3 Å². The van der Waals surface area contributed by atoms with Crippen LogP contribution in [0.4, 0.5) is 5.69 Å². The van der Waals surface area contributed by atoms with Gasteiger partial charge in [0.15, 0.2) is 0 Å². The van der Waals surface area contributed by atoms with Crippen LogP contribution in [0.15, 0.2) is 42.5 Å². The van der Waals surface area contributed by atoms with Crippen LogP contribution in [0.5, 0.6) is 11.5 Å². The van der Waals surface area contributed by atoms with Gasteiger partial charge in [0.1, 0.15) is 18.1 Å². The van der Waals surface area contributed by atoms with Gasteiger partial charge in [0.25, 0.3) is 0 Å². The lowest BCUT2D eigenvalue weighted by atomic mass is 9.73. The highest BCUT2D eigenvalue weighted by Crippen LogP contribution is 2.42. The normalized spacial score (nSPS) is 21.1. The molecule has 0 saturated heterocycles. The summed E-state index contributed by atoms with van der Waals surface area (Å²) in [6, 6.07) is 15.0. The van der Waals surface area contributed by atoms with Crippen molar-refractivity contribution >= 4 is 5.69 Å². The standard InChI is InChI=1S/C33H49NO6/c1-33(2,40-20-19-36-4)23-25-7-13-31(29(21-25)27-9-11-28(37-5)12-10-27)39-24-26-8-14-32-30(22-26)34(16-18-38-32)15-6-17-35-3/h8-12,14,22,25,29,31H,6-7,13,15-21,23-24H2,1-5H3/t25-,29+,31-/m0/s1. The van der Waals surface area contributed by atoms with Crippen molar-refractivity contribution in [2.45, 2.75) is 70.2 Å². The van der Waals surface area contributed by atoms with Crippen molar-refractivity contribution in [3.05, 3.63) is 53.6 Å². The fourth-order valence-corrected chi connectivity index (χ4v) is 6.22. The van der Waals surface area contributed by atoms with Crippen LogP contribution < -0.4 is 14.4 Å². The smallest absolute Gasteiger partial charge is 0.142 e. The van der Waals surface area contributed by atoms with E-state index < -0.39 is 0 Å². The van der Waals surface area contributed by atoms with Crippen molar-refractivity contribution in [2.24, 2.45) is 5.92 Å². The van der Waals surface area contributed by atoms with Gasteiger partial charge in [-0.1, -0.05) is 18.2 Å². The third kappa shape index (κ3) is 8.59. The Bertz CT molecular complexity index is 1030. The first kappa shape index (κ1) is 30.6. The minimum absolute atomic E-state index is 0.159. The van der Waals surface area contributed by atoms with Crippen molar-refractivity contribution in [3.63, 3.8) is 0 Å². The monoisotopic (exact) mass is 555 g/mol. The lowest BCUT2D eigenvalue weighted by Crippen LogP contribution is -2.35. The molecule has 2 aromatic rings. The highest BCUT2D eigenvalue weighted by atomic mass is 16.5. The Labute approximate surface area is 241 Å². The molecule has 7 heteroatoms. The third-order valence-corrected chi connectivity index (χ3v) is 8.22. The SMILES string of the molecule is COCCCN1CCOc2ccc(CO[C@H]3CC[C@H](CC(C)(C)OCCOC)C[C@@H]3c3ccc(OC)cc3)cc21. The van der Waals surface area contributed by atoms with E-state index in [-0.39, 0.29) is 11.7 Å². The first-order valence-electron chi connectivity index (χ1n) is 14.8. The van der Waals surface area contributed by atoms with Crippen molar-refractivity contribution in [1.82, 2.24) is 0 Å². The lowest BCUT2D eigenvalue weighted by Gasteiger charge is -2.39. The van der Waals surface area contributed by atoms with Crippen molar-refractivity contribution < 1.29 is 28.4 Å². The average molecular weight is 556 g/mol. The van der Waals surface area contributed by atoms with E-state index in [0.29, 0.717) is 31.7 Å². The Hall–Kier alpha value is -2.32. The topological polar surface area (TPSA) is 58.6 Å². The molecule has 7 nitrogen and oxygen atoms in total. The summed E-state index contributed by atoms with van der Waals surface area (Å²) in [5.74, 6) is 2.74. The molecule has 40 heavy (non-hydrogen) atoms. The minimum Gasteiger partial charge on any atom is -0.497 e. The molecular formula is C33H49NO6. The maximum Gasteiger partial charge on any atom is 0.142 e. The summed E-state index contributed by atoms with van der Waals surface area (Å²) in [4.78, 5) is 2.41. The van der Waals surface area contributed by atoms with Gasteiger partial charge in [-0.15, -0.1) is 0 Å². The Morgan fingerprint density at radius 1 is 0.950 bits per heavy atom. The number of rotatable bonds is 15. The zero-order valence-electron chi connectivity index (χ0n) is 25.2. The largest absolute Gasteiger partial charge is 0.497 e. The first-order valence-corrected chi connectivity index (χ1v) is 14.8. The summed E-state index contributed by atoms with van der Waals surface area (Å²) in [7, 11) is 5.19. The highest BCUT2D eigenvalue weighted by Gasteiger charge is 2.35.